The highest BCUT2D eigenvalue weighted by Gasteiger charge is 2.17. The van der Waals surface area contributed by atoms with Crippen LogP contribution in [-0.2, 0) is 16.1 Å². The molecule has 1 N–H and O–H groups in total. The molecule has 2 heterocycles. The fourth-order valence-electron chi connectivity index (χ4n) is 2.80. The molecule has 2 aromatic heterocycles. The summed E-state index contributed by atoms with van der Waals surface area (Å²) < 4.78 is 7.69. The maximum Gasteiger partial charge on any atom is 0.293 e. The van der Waals surface area contributed by atoms with Gasteiger partial charge in [0.25, 0.3) is 5.56 Å². The van der Waals surface area contributed by atoms with Crippen molar-refractivity contribution in [3.63, 3.8) is 0 Å². The average Bonchev–Trinajstić information content (AvgIpc) is 3.06. The first-order valence-corrected chi connectivity index (χ1v) is 8.30. The normalized spacial score (nSPS) is 11.0. The minimum Gasteiger partial charge on any atom is -0.383 e. The SMILES string of the molecule is COCCNC(=O)Cn1nc(C)c2cnn(-c3ccccc3C)c2c1=O. The molecule has 3 rings (SSSR count). The number of rotatable bonds is 6. The van der Waals surface area contributed by atoms with Crippen LogP contribution >= 0.6 is 0 Å². The number of nitrogens with zero attached hydrogens (tertiary/aromatic N) is 4. The van der Waals surface area contributed by atoms with Crippen molar-refractivity contribution in [2.24, 2.45) is 0 Å². The summed E-state index contributed by atoms with van der Waals surface area (Å²) in [6.07, 6.45) is 1.63. The van der Waals surface area contributed by atoms with Gasteiger partial charge in [0.15, 0.2) is 0 Å². The van der Waals surface area contributed by atoms with Crippen molar-refractivity contribution < 1.29 is 9.53 Å². The molecule has 0 spiro atoms. The van der Waals surface area contributed by atoms with Gasteiger partial charge in [0.2, 0.25) is 5.91 Å². The van der Waals surface area contributed by atoms with E-state index in [1.165, 1.54) is 4.68 Å². The molecule has 0 radical (unpaired) electrons. The Morgan fingerprint density at radius 1 is 1.27 bits per heavy atom. The summed E-state index contributed by atoms with van der Waals surface area (Å²) in [5.41, 5.74) is 2.52. The zero-order valence-corrected chi connectivity index (χ0v) is 15.0. The number of carbonyl (C=O) groups excluding carboxylic acids is 1. The van der Waals surface area contributed by atoms with Crippen LogP contribution in [0.5, 0.6) is 0 Å². The van der Waals surface area contributed by atoms with Gasteiger partial charge >= 0.3 is 0 Å². The lowest BCUT2D eigenvalue weighted by Crippen LogP contribution is -2.35. The van der Waals surface area contributed by atoms with E-state index in [1.807, 2.05) is 31.2 Å². The van der Waals surface area contributed by atoms with E-state index in [-0.39, 0.29) is 18.0 Å². The zero-order valence-electron chi connectivity index (χ0n) is 15.0. The molecule has 0 fully saturated rings. The largest absolute Gasteiger partial charge is 0.383 e. The van der Waals surface area contributed by atoms with Crippen LogP contribution in [0.3, 0.4) is 0 Å². The molecule has 0 atom stereocenters. The van der Waals surface area contributed by atoms with Crippen LogP contribution in [0.25, 0.3) is 16.6 Å². The molecule has 0 bridgehead atoms. The minimum absolute atomic E-state index is 0.154. The molecule has 0 aliphatic heterocycles. The van der Waals surface area contributed by atoms with Crippen LogP contribution < -0.4 is 10.9 Å². The van der Waals surface area contributed by atoms with Crippen molar-refractivity contribution in [3.8, 4) is 5.69 Å². The first-order valence-electron chi connectivity index (χ1n) is 8.30. The lowest BCUT2D eigenvalue weighted by molar-refractivity contribution is -0.122. The number of hydrogen-bond acceptors (Lipinski definition) is 5. The van der Waals surface area contributed by atoms with Crippen molar-refractivity contribution in [2.45, 2.75) is 20.4 Å². The molecule has 1 amide bonds. The van der Waals surface area contributed by atoms with Gasteiger partial charge in [-0.3, -0.25) is 9.59 Å². The molecule has 0 aliphatic carbocycles. The van der Waals surface area contributed by atoms with Crippen LogP contribution in [0.2, 0.25) is 0 Å². The number of aromatic nitrogens is 4. The maximum absolute atomic E-state index is 12.9. The summed E-state index contributed by atoms with van der Waals surface area (Å²) in [7, 11) is 1.56. The molecule has 0 aliphatic rings. The minimum atomic E-state index is -0.353. The topological polar surface area (TPSA) is 91.0 Å². The van der Waals surface area contributed by atoms with Crippen molar-refractivity contribution >= 4 is 16.8 Å². The summed E-state index contributed by atoms with van der Waals surface area (Å²) in [5.74, 6) is -0.294. The average molecular weight is 355 g/mol. The highest BCUT2D eigenvalue weighted by Crippen LogP contribution is 2.19. The van der Waals surface area contributed by atoms with Crippen molar-refractivity contribution in [2.75, 3.05) is 20.3 Å². The van der Waals surface area contributed by atoms with Gasteiger partial charge < -0.3 is 10.1 Å². The number of aryl methyl sites for hydroxylation is 2. The van der Waals surface area contributed by atoms with Gasteiger partial charge in [-0.05, 0) is 25.5 Å². The third-order valence-electron chi connectivity index (χ3n) is 4.13. The summed E-state index contributed by atoms with van der Waals surface area (Å²) in [6, 6.07) is 7.68. The molecule has 0 unspecified atom stereocenters. The van der Waals surface area contributed by atoms with Gasteiger partial charge in [-0.15, -0.1) is 0 Å². The molecule has 0 saturated carbocycles. The Labute approximate surface area is 150 Å². The second kappa shape index (κ2) is 7.49. The highest BCUT2D eigenvalue weighted by atomic mass is 16.5. The number of nitrogens with one attached hydrogen (secondary N) is 1. The van der Waals surface area contributed by atoms with Gasteiger partial charge in [-0.25, -0.2) is 9.36 Å². The number of benzene rings is 1. The number of fused-ring (bicyclic) bond motifs is 1. The smallest absolute Gasteiger partial charge is 0.293 e. The Balaban J connectivity index is 2.04. The van der Waals surface area contributed by atoms with E-state index >= 15 is 0 Å². The predicted molar refractivity (Wildman–Crippen MR) is 97.5 cm³/mol. The molecule has 0 saturated heterocycles. The first-order chi connectivity index (χ1) is 12.5. The third-order valence-corrected chi connectivity index (χ3v) is 4.13. The van der Waals surface area contributed by atoms with E-state index in [0.717, 1.165) is 11.3 Å². The van der Waals surface area contributed by atoms with E-state index in [2.05, 4.69) is 15.5 Å². The van der Waals surface area contributed by atoms with Crippen LogP contribution in [0.1, 0.15) is 11.3 Å². The molecule has 136 valence electrons. The predicted octanol–water partition coefficient (Wildman–Crippen LogP) is 0.962. The number of para-hydroxylation sites is 1. The number of carbonyl (C=O) groups is 1. The van der Waals surface area contributed by atoms with E-state index in [4.69, 9.17) is 4.74 Å². The van der Waals surface area contributed by atoms with Gasteiger partial charge in [0.05, 0.1) is 24.2 Å². The van der Waals surface area contributed by atoms with E-state index in [1.54, 1.807) is 24.9 Å². The summed E-state index contributed by atoms with van der Waals surface area (Å²) in [5, 5.41) is 12.0. The molecular formula is C18H21N5O3. The van der Waals surface area contributed by atoms with E-state index < -0.39 is 0 Å². The molecular weight excluding hydrogens is 334 g/mol. The van der Waals surface area contributed by atoms with Gasteiger partial charge in [-0.2, -0.15) is 10.2 Å². The van der Waals surface area contributed by atoms with Crippen molar-refractivity contribution in [1.82, 2.24) is 24.9 Å². The van der Waals surface area contributed by atoms with E-state index in [9.17, 15) is 9.59 Å². The standard InChI is InChI=1S/C18H21N5O3/c1-12-6-4-5-7-15(12)23-17-14(10-20-23)13(2)21-22(18(17)25)11-16(24)19-8-9-26-3/h4-7,10H,8-9,11H2,1-3H3,(H,19,24). The van der Waals surface area contributed by atoms with Gasteiger partial charge in [-0.1, -0.05) is 18.2 Å². The molecule has 8 nitrogen and oxygen atoms in total. The fourth-order valence-corrected chi connectivity index (χ4v) is 2.80. The van der Waals surface area contributed by atoms with Crippen LogP contribution in [-0.4, -0.2) is 45.7 Å². The van der Waals surface area contributed by atoms with Crippen LogP contribution in [0.4, 0.5) is 0 Å². The Hall–Kier alpha value is -3.00. The van der Waals surface area contributed by atoms with Gasteiger partial charge in [0, 0.05) is 19.0 Å². The Morgan fingerprint density at radius 3 is 2.77 bits per heavy atom. The van der Waals surface area contributed by atoms with Crippen molar-refractivity contribution in [1.29, 1.82) is 0 Å². The summed E-state index contributed by atoms with van der Waals surface area (Å²) >= 11 is 0. The Morgan fingerprint density at radius 2 is 2.04 bits per heavy atom. The second-order valence-electron chi connectivity index (χ2n) is 6.00. The number of amides is 1. The lowest BCUT2D eigenvalue weighted by atomic mass is 10.2. The van der Waals surface area contributed by atoms with E-state index in [0.29, 0.717) is 29.7 Å². The first kappa shape index (κ1) is 17.8. The second-order valence-corrected chi connectivity index (χ2v) is 6.00. The maximum atomic E-state index is 12.9. The molecule has 1 aromatic carbocycles. The monoisotopic (exact) mass is 355 g/mol. The molecule has 8 heteroatoms. The highest BCUT2D eigenvalue weighted by molar-refractivity contribution is 5.82. The molecule has 3 aromatic rings. The van der Waals surface area contributed by atoms with Crippen LogP contribution in [0.15, 0.2) is 35.3 Å². The quantitative estimate of drug-likeness (QED) is 0.665. The number of hydrogen-bond donors (Lipinski definition) is 1. The zero-order chi connectivity index (χ0) is 18.7. The fraction of sp³-hybridized carbons (Fsp3) is 0.333. The lowest BCUT2D eigenvalue weighted by Gasteiger charge is -2.10. The van der Waals surface area contributed by atoms with Crippen molar-refractivity contribution in [3.05, 3.63) is 52.1 Å². The third kappa shape index (κ3) is 3.36. The van der Waals surface area contributed by atoms with Gasteiger partial charge in [0.1, 0.15) is 12.1 Å². The Bertz CT molecular complexity index is 1010. The number of ether oxygens (including phenoxy) is 1. The number of methoxy groups -OCH3 is 1. The molecule has 26 heavy (non-hydrogen) atoms. The Kier molecular flexibility index (Phi) is 5.13. The summed E-state index contributed by atoms with van der Waals surface area (Å²) in [6.45, 7) is 4.39. The summed E-state index contributed by atoms with van der Waals surface area (Å²) in [4.78, 5) is 25.0. The van der Waals surface area contributed by atoms with Crippen LogP contribution in [0, 0.1) is 13.8 Å².